The van der Waals surface area contributed by atoms with Crippen LogP contribution in [0.15, 0.2) is 71.0 Å². The largest absolute Gasteiger partial charge is 0.328 e. The van der Waals surface area contributed by atoms with E-state index in [-0.39, 0.29) is 17.2 Å². The number of halogens is 1. The van der Waals surface area contributed by atoms with Crippen LogP contribution in [0.2, 0.25) is 5.02 Å². The number of hydrogen-bond acceptors (Lipinski definition) is 5. The van der Waals surface area contributed by atoms with Crippen LogP contribution in [0.3, 0.4) is 0 Å². The minimum atomic E-state index is -0.327. The lowest BCUT2D eigenvalue weighted by Gasteiger charge is -2.38. The number of aromatic nitrogens is 3. The fourth-order valence-corrected chi connectivity index (χ4v) is 5.34. The van der Waals surface area contributed by atoms with Gasteiger partial charge in [0, 0.05) is 28.5 Å². The van der Waals surface area contributed by atoms with Crippen LogP contribution in [0.25, 0.3) is 0 Å². The Balaban J connectivity index is 1.55. The fourth-order valence-electron chi connectivity index (χ4n) is 4.36. The molecule has 158 valence electrons. The Morgan fingerprint density at radius 2 is 1.97 bits per heavy atom. The lowest BCUT2D eigenvalue weighted by atomic mass is 9.73. The minimum Gasteiger partial charge on any atom is -0.328 e. The minimum absolute atomic E-state index is 0.0884. The van der Waals surface area contributed by atoms with Gasteiger partial charge in [-0.1, -0.05) is 79.7 Å². The van der Waals surface area contributed by atoms with Gasteiger partial charge < -0.3 is 5.32 Å². The highest BCUT2D eigenvalue weighted by atomic mass is 35.5. The van der Waals surface area contributed by atoms with Gasteiger partial charge in [-0.2, -0.15) is 4.98 Å². The SMILES string of the molecule is CC1(C)CC(=O)C2=C(C1)Nc1nc(SCc3ccccc3)nn1C2c1cccc(Cl)c1. The van der Waals surface area contributed by atoms with Gasteiger partial charge in [0.25, 0.3) is 0 Å². The van der Waals surface area contributed by atoms with E-state index in [4.69, 9.17) is 21.7 Å². The highest BCUT2D eigenvalue weighted by Crippen LogP contribution is 2.45. The molecule has 0 fully saturated rings. The monoisotopic (exact) mass is 450 g/mol. The summed E-state index contributed by atoms with van der Waals surface area (Å²) in [5.41, 5.74) is 3.80. The van der Waals surface area contributed by atoms with E-state index < -0.39 is 0 Å². The van der Waals surface area contributed by atoms with Crippen LogP contribution < -0.4 is 5.32 Å². The van der Waals surface area contributed by atoms with Gasteiger partial charge in [0.1, 0.15) is 6.04 Å². The molecule has 31 heavy (non-hydrogen) atoms. The molecule has 0 saturated heterocycles. The zero-order chi connectivity index (χ0) is 21.6. The van der Waals surface area contributed by atoms with Crippen molar-refractivity contribution >= 4 is 35.1 Å². The molecule has 2 aromatic carbocycles. The molecular formula is C24H23ClN4OS. The van der Waals surface area contributed by atoms with E-state index in [1.807, 2.05) is 47.1 Å². The topological polar surface area (TPSA) is 59.8 Å². The standard InChI is InChI=1S/C24H23ClN4OS/c1-24(2)12-18-20(19(30)13-24)21(16-9-6-10-17(25)11-16)29-22(26-18)27-23(28-29)31-14-15-7-4-3-5-8-15/h3-11,21H,12-14H2,1-2H3,(H,26,27,28). The van der Waals surface area contributed by atoms with Gasteiger partial charge in [0.15, 0.2) is 5.78 Å². The number of hydrogen-bond donors (Lipinski definition) is 1. The van der Waals surface area contributed by atoms with Crippen molar-refractivity contribution in [2.24, 2.45) is 5.41 Å². The van der Waals surface area contributed by atoms with Crippen LogP contribution in [0, 0.1) is 5.41 Å². The zero-order valence-electron chi connectivity index (χ0n) is 17.4. The van der Waals surface area contributed by atoms with Crippen molar-refractivity contribution in [3.8, 4) is 0 Å². The second kappa shape index (κ2) is 7.84. The van der Waals surface area contributed by atoms with Gasteiger partial charge in [-0.05, 0) is 35.1 Å². The second-order valence-corrected chi connectivity index (χ2v) is 10.2. The predicted octanol–water partition coefficient (Wildman–Crippen LogP) is 5.88. The summed E-state index contributed by atoms with van der Waals surface area (Å²) in [6, 6.07) is 17.6. The predicted molar refractivity (Wildman–Crippen MR) is 124 cm³/mol. The number of thioether (sulfide) groups is 1. The summed E-state index contributed by atoms with van der Waals surface area (Å²) in [7, 11) is 0. The average molecular weight is 451 g/mol. The van der Waals surface area contributed by atoms with Gasteiger partial charge >= 0.3 is 0 Å². The summed E-state index contributed by atoms with van der Waals surface area (Å²) in [6.45, 7) is 4.26. The van der Waals surface area contributed by atoms with Crippen molar-refractivity contribution in [2.75, 3.05) is 5.32 Å². The molecule has 0 spiro atoms. The van der Waals surface area contributed by atoms with Crippen LogP contribution in [0.1, 0.15) is 43.9 Å². The summed E-state index contributed by atoms with van der Waals surface area (Å²) in [6.07, 6.45) is 1.31. The molecule has 1 N–H and O–H groups in total. The Kier molecular flexibility index (Phi) is 5.15. The average Bonchev–Trinajstić information content (AvgIpc) is 3.13. The van der Waals surface area contributed by atoms with Crippen LogP contribution in [-0.4, -0.2) is 20.5 Å². The van der Waals surface area contributed by atoms with Crippen molar-refractivity contribution < 1.29 is 4.79 Å². The highest BCUT2D eigenvalue weighted by molar-refractivity contribution is 7.98. The summed E-state index contributed by atoms with van der Waals surface area (Å²) in [5, 5.41) is 9.54. The maximum atomic E-state index is 13.2. The third kappa shape index (κ3) is 4.02. The van der Waals surface area contributed by atoms with Gasteiger partial charge in [0.05, 0.1) is 0 Å². The molecule has 0 bridgehead atoms. The second-order valence-electron chi connectivity index (χ2n) is 8.85. The fraction of sp³-hybridized carbons (Fsp3) is 0.292. The molecule has 5 rings (SSSR count). The number of nitrogens with one attached hydrogen (secondary N) is 1. The van der Waals surface area contributed by atoms with Crippen molar-refractivity contribution in [3.05, 3.63) is 82.0 Å². The summed E-state index contributed by atoms with van der Waals surface area (Å²) in [4.78, 5) is 18.0. The molecule has 1 aliphatic heterocycles. The summed E-state index contributed by atoms with van der Waals surface area (Å²) < 4.78 is 1.84. The molecule has 2 heterocycles. The molecule has 5 nitrogen and oxygen atoms in total. The number of rotatable bonds is 4. The molecule has 0 radical (unpaired) electrons. The molecule has 1 atom stereocenters. The number of carbonyl (C=O) groups excluding carboxylic acids is 1. The van der Waals surface area contributed by atoms with Crippen LogP contribution in [0.5, 0.6) is 0 Å². The number of benzene rings is 2. The van der Waals surface area contributed by atoms with Crippen molar-refractivity contribution in [1.29, 1.82) is 0 Å². The van der Waals surface area contributed by atoms with E-state index in [1.165, 1.54) is 5.56 Å². The van der Waals surface area contributed by atoms with Crippen LogP contribution >= 0.6 is 23.4 Å². The Morgan fingerprint density at radius 1 is 1.16 bits per heavy atom. The smallest absolute Gasteiger partial charge is 0.227 e. The van der Waals surface area contributed by atoms with Crippen LogP contribution in [0.4, 0.5) is 5.95 Å². The van der Waals surface area contributed by atoms with E-state index in [0.717, 1.165) is 29.0 Å². The summed E-state index contributed by atoms with van der Waals surface area (Å²) >= 11 is 7.89. The van der Waals surface area contributed by atoms with E-state index >= 15 is 0 Å². The molecule has 1 aromatic heterocycles. The molecule has 2 aliphatic rings. The first-order chi connectivity index (χ1) is 14.9. The molecule has 0 amide bonds. The van der Waals surface area contributed by atoms with Gasteiger partial charge in [-0.25, -0.2) is 4.68 Å². The maximum Gasteiger partial charge on any atom is 0.227 e. The van der Waals surface area contributed by atoms with Gasteiger partial charge in [-0.3, -0.25) is 4.79 Å². The zero-order valence-corrected chi connectivity index (χ0v) is 19.0. The number of carbonyl (C=O) groups is 1. The van der Waals surface area contributed by atoms with E-state index in [9.17, 15) is 4.79 Å². The Labute approximate surface area is 190 Å². The first-order valence-corrected chi connectivity index (χ1v) is 11.7. The van der Waals surface area contributed by atoms with E-state index in [1.54, 1.807) is 11.8 Å². The van der Waals surface area contributed by atoms with Crippen molar-refractivity contribution in [2.45, 2.75) is 43.6 Å². The Bertz CT molecular complexity index is 1190. The van der Waals surface area contributed by atoms with E-state index in [0.29, 0.717) is 22.5 Å². The molecule has 0 saturated carbocycles. The third-order valence-electron chi connectivity index (χ3n) is 5.69. The quantitative estimate of drug-likeness (QED) is 0.503. The lowest BCUT2D eigenvalue weighted by Crippen LogP contribution is -2.36. The van der Waals surface area contributed by atoms with Crippen molar-refractivity contribution in [3.63, 3.8) is 0 Å². The van der Waals surface area contributed by atoms with Gasteiger partial charge in [-0.15, -0.1) is 5.10 Å². The molecule has 1 aliphatic carbocycles. The lowest BCUT2D eigenvalue weighted by molar-refractivity contribution is -0.118. The maximum absolute atomic E-state index is 13.2. The van der Waals surface area contributed by atoms with E-state index in [2.05, 4.69) is 31.3 Å². The first kappa shape index (κ1) is 20.3. The first-order valence-electron chi connectivity index (χ1n) is 10.3. The number of ketones is 1. The Hall–Kier alpha value is -2.57. The summed E-state index contributed by atoms with van der Waals surface area (Å²) in [5.74, 6) is 1.61. The van der Waals surface area contributed by atoms with Crippen LogP contribution in [-0.2, 0) is 10.5 Å². The number of allylic oxidation sites excluding steroid dienone is 2. The van der Waals surface area contributed by atoms with Crippen molar-refractivity contribution in [1.82, 2.24) is 14.8 Å². The number of fused-ring (bicyclic) bond motifs is 1. The number of anilines is 1. The number of nitrogens with zero attached hydrogens (tertiary/aromatic N) is 3. The molecular weight excluding hydrogens is 428 g/mol. The highest BCUT2D eigenvalue weighted by Gasteiger charge is 2.41. The number of Topliss-reactive ketones (excluding diaryl/α,β-unsaturated/α-hetero) is 1. The normalized spacial score (nSPS) is 19.6. The Morgan fingerprint density at radius 3 is 2.74 bits per heavy atom. The molecule has 3 aromatic rings. The van der Waals surface area contributed by atoms with Gasteiger partial charge in [0.2, 0.25) is 11.1 Å². The molecule has 7 heteroatoms. The molecule has 1 unspecified atom stereocenters. The third-order valence-corrected chi connectivity index (χ3v) is 6.83.